The van der Waals surface area contributed by atoms with Crippen LogP contribution in [0.5, 0.6) is 0 Å². The zero-order valence-corrected chi connectivity index (χ0v) is 6.59. The summed E-state index contributed by atoms with van der Waals surface area (Å²) in [5, 5.41) is 6.49. The van der Waals surface area contributed by atoms with Gasteiger partial charge in [0.25, 0.3) is 5.88 Å². The molecular weight excluding hydrogens is 182 g/mol. The van der Waals surface area contributed by atoms with Crippen molar-refractivity contribution < 1.29 is 9.32 Å². The van der Waals surface area contributed by atoms with Gasteiger partial charge in [-0.05, 0) is 12.2 Å². The molecule has 4 N–H and O–H groups in total. The summed E-state index contributed by atoms with van der Waals surface area (Å²) in [6, 6.07) is 0. The Morgan fingerprint density at radius 1 is 1.75 bits per heavy atom. The van der Waals surface area contributed by atoms with E-state index in [1.54, 1.807) is 0 Å². The second-order valence-corrected chi connectivity index (χ2v) is 2.16. The van der Waals surface area contributed by atoms with Crippen LogP contribution in [-0.4, -0.2) is 21.8 Å². The Bertz CT molecular complexity index is 297. The summed E-state index contributed by atoms with van der Waals surface area (Å²) in [7, 11) is 0. The number of rotatable bonds is 3. The molecule has 0 fully saturated rings. The Balaban J connectivity index is 2.62. The molecule has 0 saturated heterocycles. The van der Waals surface area contributed by atoms with Crippen LogP contribution in [0.1, 0.15) is 10.5 Å². The first kappa shape index (κ1) is 8.40. The minimum Gasteiger partial charge on any atom is -0.375 e. The molecule has 0 aromatic carbocycles. The number of nitrogens with one attached hydrogen (secondary N) is 2. The van der Waals surface area contributed by atoms with E-state index in [0.717, 1.165) is 0 Å². The van der Waals surface area contributed by atoms with Gasteiger partial charge >= 0.3 is 0 Å². The number of carbonyl (C=O) groups is 1. The molecule has 0 atom stereocenters. The molecule has 0 unspecified atom stereocenters. The van der Waals surface area contributed by atoms with Crippen molar-refractivity contribution in [3.8, 4) is 0 Å². The highest BCUT2D eigenvalue weighted by molar-refractivity contribution is 7.80. The number of carbonyl (C=O) groups excluding carboxylic acids is 1. The fourth-order valence-electron chi connectivity index (χ4n) is 0.480. The van der Waals surface area contributed by atoms with Crippen LogP contribution < -0.4 is 16.6 Å². The van der Waals surface area contributed by atoms with E-state index in [9.17, 15) is 4.79 Å². The average Bonchev–Trinajstić information content (AvgIpc) is 2.47. The fraction of sp³-hybridized carbons (Fsp3) is 0. The van der Waals surface area contributed by atoms with Gasteiger partial charge in [0, 0.05) is 5.27 Å². The van der Waals surface area contributed by atoms with E-state index in [1.165, 1.54) is 0 Å². The van der Waals surface area contributed by atoms with Crippen LogP contribution in [0, 0.1) is 0 Å². The minimum absolute atomic E-state index is 0.0169. The molecule has 1 rings (SSSR count). The monoisotopic (exact) mass is 187 g/mol. The normalized spacial score (nSPS) is 9.00. The Morgan fingerprint density at radius 2 is 2.50 bits per heavy atom. The molecule has 1 aromatic heterocycles. The molecule has 0 spiro atoms. The maximum Gasteiger partial charge on any atom is 0.274 e. The van der Waals surface area contributed by atoms with E-state index in [2.05, 4.69) is 38.0 Å². The molecule has 0 saturated carbocycles. The van der Waals surface area contributed by atoms with Gasteiger partial charge < -0.3 is 10.3 Å². The topological polar surface area (TPSA) is 106 Å². The predicted octanol–water partition coefficient (Wildman–Crippen LogP) is -0.958. The van der Waals surface area contributed by atoms with Crippen molar-refractivity contribution in [2.75, 3.05) is 5.43 Å². The number of thiocarbonyl (C=S) groups is 1. The molecule has 7 nitrogen and oxygen atoms in total. The first-order valence-corrected chi connectivity index (χ1v) is 3.24. The summed E-state index contributed by atoms with van der Waals surface area (Å²) >= 11 is 4.48. The second kappa shape index (κ2) is 3.62. The highest BCUT2D eigenvalue weighted by Gasteiger charge is 2.07. The summed E-state index contributed by atoms with van der Waals surface area (Å²) in [5.41, 5.74) is 9.88. The van der Waals surface area contributed by atoms with Gasteiger partial charge in [0.15, 0.2) is 17.1 Å². The van der Waals surface area contributed by atoms with E-state index in [0.29, 0.717) is 6.29 Å². The molecule has 8 heteroatoms. The molecular formula is C4H5N5O2S. The third-order valence-corrected chi connectivity index (χ3v) is 1.03. The van der Waals surface area contributed by atoms with Crippen LogP contribution in [0.15, 0.2) is 4.52 Å². The quantitative estimate of drug-likeness (QED) is 0.315. The van der Waals surface area contributed by atoms with Crippen molar-refractivity contribution in [3.63, 3.8) is 0 Å². The van der Waals surface area contributed by atoms with Crippen LogP contribution in [0.2, 0.25) is 0 Å². The lowest BCUT2D eigenvalue weighted by molar-refractivity contribution is 0.111. The predicted molar refractivity (Wildman–Crippen MR) is 43.2 cm³/mol. The van der Waals surface area contributed by atoms with Gasteiger partial charge in [-0.25, -0.2) is 0 Å². The maximum atomic E-state index is 10.2. The molecule has 1 aromatic rings. The molecule has 1 heterocycles. The van der Waals surface area contributed by atoms with Crippen molar-refractivity contribution in [3.05, 3.63) is 5.69 Å². The molecule has 0 bridgehead atoms. The maximum absolute atomic E-state index is 10.2. The van der Waals surface area contributed by atoms with E-state index >= 15 is 0 Å². The van der Waals surface area contributed by atoms with Gasteiger partial charge in [0.1, 0.15) is 0 Å². The largest absolute Gasteiger partial charge is 0.375 e. The molecule has 0 aliphatic heterocycles. The molecule has 12 heavy (non-hydrogen) atoms. The summed E-state index contributed by atoms with van der Waals surface area (Å²) in [6.45, 7) is 0. The van der Waals surface area contributed by atoms with Gasteiger partial charge in [-0.15, -0.1) is 5.10 Å². The minimum atomic E-state index is 0.0169. The van der Waals surface area contributed by atoms with E-state index in [1.807, 2.05) is 0 Å². The highest BCUT2D eigenvalue weighted by Crippen LogP contribution is 2.05. The SMILES string of the molecule is NC(=S)NNc1onnc1C=O. The summed E-state index contributed by atoms with van der Waals surface area (Å²) in [6.07, 6.45) is 0.486. The Labute approximate surface area is 72.2 Å². The van der Waals surface area contributed by atoms with Crippen LogP contribution in [0.3, 0.4) is 0 Å². The van der Waals surface area contributed by atoms with Gasteiger partial charge in [0.05, 0.1) is 0 Å². The Kier molecular flexibility index (Phi) is 2.53. The zero-order chi connectivity index (χ0) is 8.97. The van der Waals surface area contributed by atoms with Gasteiger partial charge in [-0.1, -0.05) is 0 Å². The van der Waals surface area contributed by atoms with Crippen molar-refractivity contribution in [1.29, 1.82) is 0 Å². The fourth-order valence-corrected chi connectivity index (χ4v) is 0.531. The highest BCUT2D eigenvalue weighted by atomic mass is 32.1. The number of nitrogens with zero attached hydrogens (tertiary/aromatic N) is 2. The summed E-state index contributed by atoms with van der Waals surface area (Å²) < 4.78 is 4.52. The van der Waals surface area contributed by atoms with E-state index in [-0.39, 0.29) is 16.7 Å². The van der Waals surface area contributed by atoms with Crippen LogP contribution in [0.25, 0.3) is 0 Å². The second-order valence-electron chi connectivity index (χ2n) is 1.72. The molecule has 64 valence electrons. The van der Waals surface area contributed by atoms with Gasteiger partial charge in [0.2, 0.25) is 0 Å². The lowest BCUT2D eigenvalue weighted by Gasteiger charge is -2.01. The molecule has 0 aliphatic carbocycles. The van der Waals surface area contributed by atoms with Gasteiger partial charge in [-0.2, -0.15) is 0 Å². The van der Waals surface area contributed by atoms with Crippen LogP contribution in [-0.2, 0) is 0 Å². The summed E-state index contributed by atoms with van der Waals surface area (Å²) in [4.78, 5) is 10.2. The van der Waals surface area contributed by atoms with Crippen molar-refractivity contribution in [1.82, 2.24) is 15.8 Å². The van der Waals surface area contributed by atoms with Crippen LogP contribution in [0.4, 0.5) is 5.88 Å². The van der Waals surface area contributed by atoms with Crippen molar-refractivity contribution in [2.45, 2.75) is 0 Å². The Morgan fingerprint density at radius 3 is 3.08 bits per heavy atom. The molecule has 0 radical (unpaired) electrons. The number of hydrogen-bond donors (Lipinski definition) is 3. The van der Waals surface area contributed by atoms with Gasteiger partial charge in [-0.3, -0.25) is 15.6 Å². The Hall–Kier alpha value is -1.70. The lowest BCUT2D eigenvalue weighted by Crippen LogP contribution is -2.34. The van der Waals surface area contributed by atoms with E-state index in [4.69, 9.17) is 5.73 Å². The van der Waals surface area contributed by atoms with Crippen LogP contribution >= 0.6 is 12.2 Å². The number of aldehydes is 1. The molecule has 0 aliphatic rings. The number of nitrogens with two attached hydrogens (primary N) is 1. The average molecular weight is 187 g/mol. The number of hydrogen-bond acceptors (Lipinski definition) is 6. The number of hydrazine groups is 1. The summed E-state index contributed by atoms with van der Waals surface area (Å²) in [5.74, 6) is 0.0674. The number of aromatic nitrogens is 2. The smallest absolute Gasteiger partial charge is 0.274 e. The standard InChI is InChI=1S/C4H5N5O2S/c5-4(12)8-7-3-2(1-10)6-9-11-3/h1,7H,(H3,5,8,12). The molecule has 0 amide bonds. The third-order valence-electron chi connectivity index (χ3n) is 0.924. The zero-order valence-electron chi connectivity index (χ0n) is 5.77. The third kappa shape index (κ3) is 1.89. The first-order chi connectivity index (χ1) is 5.74. The first-order valence-electron chi connectivity index (χ1n) is 2.83. The van der Waals surface area contributed by atoms with E-state index < -0.39 is 0 Å². The van der Waals surface area contributed by atoms with Crippen molar-refractivity contribution in [2.24, 2.45) is 5.73 Å². The lowest BCUT2D eigenvalue weighted by atomic mass is 10.5. The number of anilines is 1. The van der Waals surface area contributed by atoms with Crippen molar-refractivity contribution >= 4 is 29.5 Å².